The van der Waals surface area contributed by atoms with Crippen LogP contribution in [0.3, 0.4) is 0 Å². The third kappa shape index (κ3) is 5.91. The SMILES string of the molecule is Cc1c(CN2CCC(Nc3ncnc4sc(CF)cc34)CC2)ccc2c1cc(C#N)n2CCN1CCN(C(=O)C2CC2)CC1. The van der Waals surface area contributed by atoms with Crippen molar-refractivity contribution in [2.24, 2.45) is 5.92 Å². The number of thiophene rings is 1. The summed E-state index contributed by atoms with van der Waals surface area (Å²) in [5.41, 5.74) is 4.37. The molecule has 9 nitrogen and oxygen atoms in total. The summed E-state index contributed by atoms with van der Waals surface area (Å²) in [5, 5.41) is 15.6. The lowest BCUT2D eigenvalue weighted by molar-refractivity contribution is -0.134. The van der Waals surface area contributed by atoms with Crippen molar-refractivity contribution in [3.63, 3.8) is 0 Å². The quantitative estimate of drug-likeness (QED) is 0.286. The van der Waals surface area contributed by atoms with E-state index in [1.807, 2.05) is 11.0 Å². The molecule has 1 aromatic carbocycles. The van der Waals surface area contributed by atoms with Crippen LogP contribution in [-0.2, 0) is 24.6 Å². The Morgan fingerprint density at radius 3 is 2.55 bits per heavy atom. The van der Waals surface area contributed by atoms with Gasteiger partial charge >= 0.3 is 0 Å². The van der Waals surface area contributed by atoms with Gasteiger partial charge in [0.2, 0.25) is 5.91 Å². The Balaban J connectivity index is 0.960. The lowest BCUT2D eigenvalue weighted by Gasteiger charge is -2.35. The number of aryl methyl sites for hydroxylation is 1. The number of rotatable bonds is 9. The van der Waals surface area contributed by atoms with E-state index in [9.17, 15) is 14.4 Å². The zero-order chi connectivity index (χ0) is 30.2. The molecule has 1 saturated carbocycles. The van der Waals surface area contributed by atoms with Gasteiger partial charge < -0.3 is 14.8 Å². The molecule has 5 heterocycles. The van der Waals surface area contributed by atoms with Crippen LogP contribution in [0.15, 0.2) is 30.6 Å². The predicted molar refractivity (Wildman–Crippen MR) is 171 cm³/mol. The van der Waals surface area contributed by atoms with Gasteiger partial charge in [-0.25, -0.2) is 14.4 Å². The number of piperazine rings is 1. The molecule has 4 aromatic rings. The summed E-state index contributed by atoms with van der Waals surface area (Å²) in [5.74, 6) is 1.43. The average molecular weight is 615 g/mol. The second-order valence-corrected chi connectivity index (χ2v) is 13.6. The Bertz CT molecular complexity index is 1710. The van der Waals surface area contributed by atoms with E-state index in [-0.39, 0.29) is 5.92 Å². The molecule has 0 radical (unpaired) electrons. The summed E-state index contributed by atoms with van der Waals surface area (Å²) >= 11 is 1.39. The van der Waals surface area contributed by atoms with Crippen LogP contribution in [0.1, 0.15) is 47.4 Å². The highest BCUT2D eigenvalue weighted by molar-refractivity contribution is 7.18. The smallest absolute Gasteiger partial charge is 0.225 e. The van der Waals surface area contributed by atoms with Gasteiger partial charge in [0.25, 0.3) is 0 Å². The fraction of sp³-hybridized carbons (Fsp3) is 0.515. The molecule has 1 N–H and O–H groups in total. The first kappa shape index (κ1) is 29.1. The van der Waals surface area contributed by atoms with Crippen LogP contribution < -0.4 is 5.32 Å². The number of carbonyl (C=O) groups excluding carboxylic acids is 1. The summed E-state index contributed by atoms with van der Waals surface area (Å²) in [6.45, 7) is 9.59. The number of nitrogens with one attached hydrogen (secondary N) is 1. The Hall–Kier alpha value is -3.59. The number of benzene rings is 1. The third-order valence-corrected chi connectivity index (χ3v) is 10.7. The van der Waals surface area contributed by atoms with E-state index in [2.05, 4.69) is 60.8 Å². The van der Waals surface area contributed by atoms with Crippen LogP contribution >= 0.6 is 11.3 Å². The Kier molecular flexibility index (Phi) is 8.23. The highest BCUT2D eigenvalue weighted by Crippen LogP contribution is 2.32. The van der Waals surface area contributed by atoms with E-state index >= 15 is 0 Å². The Morgan fingerprint density at radius 2 is 1.82 bits per heavy atom. The molecule has 7 rings (SSSR count). The molecular formula is C33H39FN8OS. The molecule has 0 unspecified atom stereocenters. The van der Waals surface area contributed by atoms with Crippen LogP contribution in [0.5, 0.6) is 0 Å². The summed E-state index contributed by atoms with van der Waals surface area (Å²) in [6, 6.07) is 11.1. The summed E-state index contributed by atoms with van der Waals surface area (Å²) in [7, 11) is 0. The number of hydrogen-bond acceptors (Lipinski definition) is 8. The monoisotopic (exact) mass is 614 g/mol. The molecule has 2 saturated heterocycles. The number of hydrogen-bond donors (Lipinski definition) is 1. The van der Waals surface area contributed by atoms with Crippen LogP contribution in [0, 0.1) is 24.2 Å². The fourth-order valence-corrected chi connectivity index (χ4v) is 7.65. The minimum Gasteiger partial charge on any atom is -0.367 e. The van der Waals surface area contributed by atoms with Crippen molar-refractivity contribution < 1.29 is 9.18 Å². The number of aromatic nitrogens is 3. The molecule has 2 aliphatic heterocycles. The maximum Gasteiger partial charge on any atom is 0.225 e. The minimum atomic E-state index is -0.478. The number of nitrogens with zero attached hydrogens (tertiary/aromatic N) is 7. The van der Waals surface area contributed by atoms with Crippen LogP contribution in [0.2, 0.25) is 0 Å². The molecule has 3 aliphatic rings. The molecule has 0 bridgehead atoms. The zero-order valence-corrected chi connectivity index (χ0v) is 26.1. The molecular weight excluding hydrogens is 575 g/mol. The number of amides is 1. The summed E-state index contributed by atoms with van der Waals surface area (Å²) < 4.78 is 15.4. The van der Waals surface area contributed by atoms with Crippen LogP contribution in [0.4, 0.5) is 10.2 Å². The molecule has 11 heteroatoms. The number of halogens is 1. The molecule has 44 heavy (non-hydrogen) atoms. The minimum absolute atomic E-state index is 0.287. The van der Waals surface area contributed by atoms with E-state index in [1.54, 1.807) is 6.33 Å². The van der Waals surface area contributed by atoms with Gasteiger partial charge in [0.1, 0.15) is 35.4 Å². The van der Waals surface area contributed by atoms with Crippen LogP contribution in [0.25, 0.3) is 21.1 Å². The van der Waals surface area contributed by atoms with Gasteiger partial charge in [-0.3, -0.25) is 14.6 Å². The topological polar surface area (TPSA) is 93.3 Å². The second kappa shape index (κ2) is 12.4. The predicted octanol–water partition coefficient (Wildman–Crippen LogP) is 4.93. The number of nitriles is 1. The highest BCUT2D eigenvalue weighted by atomic mass is 32.1. The molecule has 3 fully saturated rings. The van der Waals surface area contributed by atoms with Gasteiger partial charge in [0.15, 0.2) is 0 Å². The molecule has 230 valence electrons. The van der Waals surface area contributed by atoms with Crippen molar-refractivity contribution >= 4 is 44.2 Å². The van der Waals surface area contributed by atoms with Crippen molar-refractivity contribution in [1.82, 2.24) is 29.2 Å². The van der Waals surface area contributed by atoms with Gasteiger partial charge in [-0.15, -0.1) is 11.3 Å². The largest absolute Gasteiger partial charge is 0.367 e. The number of carbonyl (C=O) groups is 1. The van der Waals surface area contributed by atoms with Crippen molar-refractivity contribution in [3.05, 3.63) is 52.3 Å². The maximum atomic E-state index is 13.2. The first-order chi connectivity index (χ1) is 21.5. The molecule has 0 spiro atoms. The van der Waals surface area contributed by atoms with Gasteiger partial charge in [-0.05, 0) is 61.9 Å². The average Bonchev–Trinajstić information content (AvgIpc) is 3.71. The first-order valence-electron chi connectivity index (χ1n) is 15.8. The van der Waals surface area contributed by atoms with Crippen molar-refractivity contribution in [3.8, 4) is 6.07 Å². The van der Waals surface area contributed by atoms with E-state index in [4.69, 9.17) is 0 Å². The molecule has 0 atom stereocenters. The Morgan fingerprint density at radius 1 is 1.02 bits per heavy atom. The van der Waals surface area contributed by atoms with E-state index in [0.29, 0.717) is 22.5 Å². The van der Waals surface area contributed by atoms with E-state index in [0.717, 1.165) is 112 Å². The first-order valence-corrected chi connectivity index (χ1v) is 16.6. The van der Waals surface area contributed by atoms with Crippen molar-refractivity contribution in [2.75, 3.05) is 51.1 Å². The number of fused-ring (bicyclic) bond motifs is 2. The summed E-state index contributed by atoms with van der Waals surface area (Å²) in [6.07, 6.45) is 5.68. The molecule has 3 aromatic heterocycles. The standard InChI is InChI=1S/C33H39FN8OS/c1-22-24(20-40-8-6-25(7-9-40)38-31-29-17-27(18-34)44-32(29)37-21-36-31)4-5-30-28(22)16-26(19-35)42(30)15-12-39-10-13-41(14-11-39)33(43)23-2-3-23/h4-5,16-17,21,23,25H,2-3,6-15,18,20H2,1H3,(H,36,37,38). The normalized spacial score (nSPS) is 18.7. The number of anilines is 1. The highest BCUT2D eigenvalue weighted by Gasteiger charge is 2.34. The van der Waals surface area contributed by atoms with E-state index < -0.39 is 6.67 Å². The second-order valence-electron chi connectivity index (χ2n) is 12.5. The zero-order valence-electron chi connectivity index (χ0n) is 25.3. The van der Waals surface area contributed by atoms with E-state index in [1.165, 1.54) is 22.5 Å². The van der Waals surface area contributed by atoms with Gasteiger partial charge in [0, 0.05) is 86.6 Å². The maximum absolute atomic E-state index is 13.2. The van der Waals surface area contributed by atoms with Gasteiger partial charge in [-0.2, -0.15) is 5.26 Å². The number of piperidine rings is 1. The van der Waals surface area contributed by atoms with Crippen molar-refractivity contribution in [2.45, 2.75) is 58.4 Å². The van der Waals surface area contributed by atoms with Gasteiger partial charge in [0.05, 0.1) is 5.39 Å². The fourth-order valence-electron chi connectivity index (χ4n) is 6.80. The van der Waals surface area contributed by atoms with Gasteiger partial charge in [-0.1, -0.05) is 6.07 Å². The molecule has 1 aliphatic carbocycles. The van der Waals surface area contributed by atoms with Crippen molar-refractivity contribution in [1.29, 1.82) is 5.26 Å². The molecule has 1 amide bonds. The number of alkyl halides is 1. The third-order valence-electron chi connectivity index (χ3n) is 9.67. The lowest BCUT2D eigenvalue weighted by Crippen LogP contribution is -2.49. The lowest BCUT2D eigenvalue weighted by atomic mass is 10.0. The van der Waals surface area contributed by atoms with Crippen LogP contribution in [-0.4, -0.2) is 87.0 Å². The Labute approximate surface area is 261 Å². The number of likely N-dealkylation sites (tertiary alicyclic amines) is 1. The summed E-state index contributed by atoms with van der Waals surface area (Å²) in [4.78, 5) is 29.6.